The molecular weight excluding hydrogens is 240 g/mol. The number of aliphatic carboxylic acids is 1. The summed E-state index contributed by atoms with van der Waals surface area (Å²) >= 11 is 0. The Balaban J connectivity index is 2.15. The zero-order chi connectivity index (χ0) is 13.1. The zero-order valence-corrected chi connectivity index (χ0v) is 9.90. The van der Waals surface area contributed by atoms with Crippen LogP contribution >= 0.6 is 0 Å². The summed E-state index contributed by atoms with van der Waals surface area (Å²) < 4.78 is 26.3. The minimum absolute atomic E-state index is 0.0709. The third-order valence-electron chi connectivity index (χ3n) is 3.29. The molecule has 0 saturated carbocycles. The Morgan fingerprint density at radius 1 is 1.33 bits per heavy atom. The highest BCUT2D eigenvalue weighted by Gasteiger charge is 2.28. The largest absolute Gasteiger partial charge is 0.480 e. The summed E-state index contributed by atoms with van der Waals surface area (Å²) in [5.74, 6) is -2.29. The SMILES string of the molecule is O=C(O)C(Cc1ccc(F)cc1F)N1CCCC1. The molecule has 1 aromatic carbocycles. The van der Waals surface area contributed by atoms with Crippen LogP contribution in [0.25, 0.3) is 0 Å². The van der Waals surface area contributed by atoms with E-state index >= 15 is 0 Å². The molecule has 1 aromatic rings. The van der Waals surface area contributed by atoms with E-state index in [1.54, 1.807) is 0 Å². The molecule has 0 radical (unpaired) electrons. The van der Waals surface area contributed by atoms with Crippen molar-refractivity contribution < 1.29 is 18.7 Å². The van der Waals surface area contributed by atoms with Gasteiger partial charge in [0, 0.05) is 12.5 Å². The van der Waals surface area contributed by atoms with Crippen molar-refractivity contribution in [3.8, 4) is 0 Å². The molecule has 1 aliphatic rings. The number of carboxylic acids is 1. The molecular formula is C13H15F2NO2. The van der Waals surface area contributed by atoms with Gasteiger partial charge in [0.2, 0.25) is 0 Å². The van der Waals surface area contributed by atoms with Gasteiger partial charge in [0.1, 0.15) is 17.7 Å². The molecule has 1 unspecified atom stereocenters. The number of hydrogen-bond donors (Lipinski definition) is 1. The van der Waals surface area contributed by atoms with E-state index in [-0.39, 0.29) is 12.0 Å². The summed E-state index contributed by atoms with van der Waals surface area (Å²) in [7, 11) is 0. The Bertz CT molecular complexity index is 445. The highest BCUT2D eigenvalue weighted by atomic mass is 19.1. The van der Waals surface area contributed by atoms with E-state index < -0.39 is 23.6 Å². The van der Waals surface area contributed by atoms with Crippen LogP contribution in [0.1, 0.15) is 18.4 Å². The van der Waals surface area contributed by atoms with Gasteiger partial charge in [-0.3, -0.25) is 9.69 Å². The first-order valence-electron chi connectivity index (χ1n) is 5.98. The van der Waals surface area contributed by atoms with Gasteiger partial charge in [-0.2, -0.15) is 0 Å². The van der Waals surface area contributed by atoms with E-state index in [9.17, 15) is 18.7 Å². The molecule has 1 atom stereocenters. The lowest BCUT2D eigenvalue weighted by atomic mass is 10.0. The fourth-order valence-corrected chi connectivity index (χ4v) is 2.32. The van der Waals surface area contributed by atoms with Gasteiger partial charge in [-0.1, -0.05) is 6.07 Å². The average molecular weight is 255 g/mol. The van der Waals surface area contributed by atoms with E-state index in [0.717, 1.165) is 38.1 Å². The summed E-state index contributed by atoms with van der Waals surface area (Å²) in [5, 5.41) is 9.20. The maximum absolute atomic E-state index is 13.5. The smallest absolute Gasteiger partial charge is 0.321 e. The third-order valence-corrected chi connectivity index (χ3v) is 3.29. The van der Waals surface area contributed by atoms with Gasteiger partial charge in [-0.05, 0) is 37.6 Å². The van der Waals surface area contributed by atoms with E-state index in [0.29, 0.717) is 0 Å². The minimum Gasteiger partial charge on any atom is -0.480 e. The van der Waals surface area contributed by atoms with Crippen molar-refractivity contribution in [2.75, 3.05) is 13.1 Å². The standard InChI is InChI=1S/C13H15F2NO2/c14-10-4-3-9(11(15)8-10)7-12(13(17)18)16-5-1-2-6-16/h3-4,8,12H,1-2,5-7H2,(H,17,18). The lowest BCUT2D eigenvalue weighted by molar-refractivity contribution is -0.142. The highest BCUT2D eigenvalue weighted by Crippen LogP contribution is 2.18. The maximum Gasteiger partial charge on any atom is 0.321 e. The Labute approximate surface area is 104 Å². The lowest BCUT2D eigenvalue weighted by Crippen LogP contribution is -2.41. The van der Waals surface area contributed by atoms with Crippen molar-refractivity contribution in [3.63, 3.8) is 0 Å². The molecule has 1 fully saturated rings. The molecule has 18 heavy (non-hydrogen) atoms. The number of halogens is 2. The summed E-state index contributed by atoms with van der Waals surface area (Å²) in [6, 6.07) is 2.53. The van der Waals surface area contributed by atoms with Crippen LogP contribution < -0.4 is 0 Å². The van der Waals surface area contributed by atoms with E-state index in [2.05, 4.69) is 0 Å². The average Bonchev–Trinajstić information content (AvgIpc) is 2.80. The molecule has 0 aromatic heterocycles. The summed E-state index contributed by atoms with van der Waals surface area (Å²) in [5.41, 5.74) is 0.246. The Morgan fingerprint density at radius 3 is 2.56 bits per heavy atom. The number of hydrogen-bond acceptors (Lipinski definition) is 2. The number of carboxylic acid groups (broad SMARTS) is 1. The first-order chi connectivity index (χ1) is 8.58. The predicted molar refractivity (Wildman–Crippen MR) is 62.3 cm³/mol. The molecule has 3 nitrogen and oxygen atoms in total. The summed E-state index contributed by atoms with van der Waals surface area (Å²) in [6.07, 6.45) is 2.01. The molecule has 1 saturated heterocycles. The van der Waals surface area contributed by atoms with Crippen LogP contribution in [-0.4, -0.2) is 35.1 Å². The maximum atomic E-state index is 13.5. The first-order valence-corrected chi connectivity index (χ1v) is 5.98. The predicted octanol–water partition coefficient (Wildman–Crippen LogP) is 2.06. The molecule has 1 N–H and O–H groups in total. The molecule has 0 bridgehead atoms. The van der Waals surface area contributed by atoms with Gasteiger partial charge in [0.15, 0.2) is 0 Å². The van der Waals surface area contributed by atoms with Gasteiger partial charge >= 0.3 is 5.97 Å². The second kappa shape index (κ2) is 5.44. The van der Waals surface area contributed by atoms with Crippen LogP contribution in [0.15, 0.2) is 18.2 Å². The van der Waals surface area contributed by atoms with Gasteiger partial charge in [-0.25, -0.2) is 8.78 Å². The number of carbonyl (C=O) groups is 1. The van der Waals surface area contributed by atoms with Crippen LogP contribution in [0.5, 0.6) is 0 Å². The van der Waals surface area contributed by atoms with Gasteiger partial charge in [0.05, 0.1) is 0 Å². The van der Waals surface area contributed by atoms with E-state index in [1.165, 1.54) is 6.07 Å². The fourth-order valence-electron chi connectivity index (χ4n) is 2.32. The fraction of sp³-hybridized carbons (Fsp3) is 0.462. The van der Waals surface area contributed by atoms with Crippen molar-refractivity contribution in [1.82, 2.24) is 4.90 Å². The van der Waals surface area contributed by atoms with Crippen LogP contribution in [-0.2, 0) is 11.2 Å². The van der Waals surface area contributed by atoms with E-state index in [4.69, 9.17) is 0 Å². The monoisotopic (exact) mass is 255 g/mol. The Morgan fingerprint density at radius 2 is 2.00 bits per heavy atom. The van der Waals surface area contributed by atoms with Crippen LogP contribution in [0.4, 0.5) is 8.78 Å². The summed E-state index contributed by atoms with van der Waals surface area (Å²) in [4.78, 5) is 13.1. The highest BCUT2D eigenvalue weighted by molar-refractivity contribution is 5.74. The number of rotatable bonds is 4. The molecule has 0 amide bonds. The Hall–Kier alpha value is -1.49. The Kier molecular flexibility index (Phi) is 3.91. The lowest BCUT2D eigenvalue weighted by Gasteiger charge is -2.23. The van der Waals surface area contributed by atoms with Crippen molar-refractivity contribution in [1.29, 1.82) is 0 Å². The van der Waals surface area contributed by atoms with Crippen LogP contribution in [0.3, 0.4) is 0 Å². The third kappa shape index (κ3) is 2.85. The van der Waals surface area contributed by atoms with Crippen molar-refractivity contribution >= 4 is 5.97 Å². The van der Waals surface area contributed by atoms with Crippen LogP contribution in [0, 0.1) is 11.6 Å². The molecule has 2 rings (SSSR count). The van der Waals surface area contributed by atoms with Crippen molar-refractivity contribution in [2.24, 2.45) is 0 Å². The molecule has 1 aliphatic heterocycles. The van der Waals surface area contributed by atoms with Crippen LogP contribution in [0.2, 0.25) is 0 Å². The minimum atomic E-state index is -0.958. The molecule has 1 heterocycles. The van der Waals surface area contributed by atoms with Gasteiger partial charge < -0.3 is 5.11 Å². The van der Waals surface area contributed by atoms with Gasteiger partial charge in [-0.15, -0.1) is 0 Å². The quantitative estimate of drug-likeness (QED) is 0.895. The number of likely N-dealkylation sites (tertiary alicyclic amines) is 1. The second-order valence-electron chi connectivity index (χ2n) is 4.54. The normalized spacial score (nSPS) is 17.9. The number of nitrogens with zero attached hydrogens (tertiary/aromatic N) is 1. The van der Waals surface area contributed by atoms with Gasteiger partial charge in [0.25, 0.3) is 0 Å². The summed E-state index contributed by atoms with van der Waals surface area (Å²) in [6.45, 7) is 1.44. The molecule has 98 valence electrons. The number of benzene rings is 1. The van der Waals surface area contributed by atoms with E-state index in [1.807, 2.05) is 4.90 Å². The van der Waals surface area contributed by atoms with Crippen molar-refractivity contribution in [3.05, 3.63) is 35.4 Å². The molecule has 5 heteroatoms. The zero-order valence-electron chi connectivity index (χ0n) is 9.90. The van der Waals surface area contributed by atoms with Crippen molar-refractivity contribution in [2.45, 2.75) is 25.3 Å². The molecule has 0 aliphatic carbocycles. The molecule has 0 spiro atoms. The topological polar surface area (TPSA) is 40.5 Å². The second-order valence-corrected chi connectivity index (χ2v) is 4.54. The first kappa shape index (κ1) is 13.0.